The molecule has 1 atom stereocenters. The largest absolute Gasteiger partial charge is 0.504 e. The molecule has 30 heavy (non-hydrogen) atoms. The van der Waals surface area contributed by atoms with E-state index in [1.165, 1.54) is 10.9 Å². The van der Waals surface area contributed by atoms with Crippen molar-refractivity contribution in [1.29, 1.82) is 0 Å². The van der Waals surface area contributed by atoms with Gasteiger partial charge in [0.05, 0.1) is 11.9 Å². The van der Waals surface area contributed by atoms with E-state index in [-0.39, 0.29) is 18.1 Å². The molecule has 2 aromatic carbocycles. The van der Waals surface area contributed by atoms with Crippen LogP contribution in [0.4, 0.5) is 0 Å². The van der Waals surface area contributed by atoms with Gasteiger partial charge in [-0.05, 0) is 36.1 Å². The Balaban J connectivity index is 1.56. The lowest BCUT2D eigenvalue weighted by molar-refractivity contribution is -0.123. The minimum absolute atomic E-state index is 0.206. The molecule has 3 N–H and O–H groups in total. The van der Waals surface area contributed by atoms with Gasteiger partial charge in [-0.15, -0.1) is 0 Å². The van der Waals surface area contributed by atoms with E-state index < -0.39 is 11.8 Å². The van der Waals surface area contributed by atoms with E-state index in [0.29, 0.717) is 17.4 Å². The number of hydrazine groups is 1. The molecular weight excluding hydrogens is 384 g/mol. The first kappa shape index (κ1) is 20.9. The number of amides is 2. The van der Waals surface area contributed by atoms with Crippen LogP contribution in [0, 0.1) is 0 Å². The van der Waals surface area contributed by atoms with Gasteiger partial charge in [0.15, 0.2) is 18.1 Å². The quantitative estimate of drug-likeness (QED) is 0.521. The molecule has 0 radical (unpaired) electrons. The minimum Gasteiger partial charge on any atom is -0.504 e. The minimum atomic E-state index is -0.740. The SMILES string of the molecule is CCC(C)c1ccccc1OCC(=O)NNC(=O)c1nn(-c2ccccc2)cc1O. The lowest BCUT2D eigenvalue weighted by atomic mass is 9.98. The van der Waals surface area contributed by atoms with Crippen LogP contribution in [0.1, 0.15) is 42.2 Å². The van der Waals surface area contributed by atoms with Gasteiger partial charge < -0.3 is 9.84 Å². The summed E-state index contributed by atoms with van der Waals surface area (Å²) in [5.74, 6) is -0.650. The van der Waals surface area contributed by atoms with Gasteiger partial charge in [0.25, 0.3) is 11.8 Å². The first-order valence-electron chi connectivity index (χ1n) is 9.64. The van der Waals surface area contributed by atoms with Crippen molar-refractivity contribution in [2.45, 2.75) is 26.2 Å². The zero-order chi connectivity index (χ0) is 21.5. The molecule has 156 valence electrons. The van der Waals surface area contributed by atoms with E-state index in [2.05, 4.69) is 29.8 Å². The fourth-order valence-electron chi connectivity index (χ4n) is 2.84. The van der Waals surface area contributed by atoms with Crippen molar-refractivity contribution in [3.8, 4) is 17.2 Å². The Morgan fingerprint density at radius 3 is 2.53 bits per heavy atom. The van der Waals surface area contributed by atoms with Crippen LogP contribution in [0.25, 0.3) is 5.69 Å². The van der Waals surface area contributed by atoms with Crippen molar-refractivity contribution < 1.29 is 19.4 Å². The highest BCUT2D eigenvalue weighted by atomic mass is 16.5. The maximum Gasteiger partial charge on any atom is 0.294 e. The van der Waals surface area contributed by atoms with Crippen LogP contribution in [0.3, 0.4) is 0 Å². The summed E-state index contributed by atoms with van der Waals surface area (Å²) >= 11 is 0. The van der Waals surface area contributed by atoms with Crippen LogP contribution < -0.4 is 15.6 Å². The van der Waals surface area contributed by atoms with E-state index in [1.54, 1.807) is 12.1 Å². The summed E-state index contributed by atoms with van der Waals surface area (Å²) in [4.78, 5) is 24.3. The number of hydrogen-bond acceptors (Lipinski definition) is 5. The van der Waals surface area contributed by atoms with E-state index in [4.69, 9.17) is 4.74 Å². The van der Waals surface area contributed by atoms with Crippen LogP contribution in [0.15, 0.2) is 60.8 Å². The molecular formula is C22H24N4O4. The Morgan fingerprint density at radius 2 is 1.80 bits per heavy atom. The first-order valence-corrected chi connectivity index (χ1v) is 9.64. The van der Waals surface area contributed by atoms with Crippen LogP contribution in [-0.2, 0) is 4.79 Å². The second kappa shape index (κ2) is 9.60. The molecule has 2 amide bonds. The molecule has 0 aliphatic carbocycles. The van der Waals surface area contributed by atoms with Crippen molar-refractivity contribution in [2.24, 2.45) is 0 Å². The van der Waals surface area contributed by atoms with E-state index in [1.807, 2.05) is 42.5 Å². The van der Waals surface area contributed by atoms with Gasteiger partial charge in [-0.25, -0.2) is 4.68 Å². The number of nitrogens with one attached hydrogen (secondary N) is 2. The van der Waals surface area contributed by atoms with Crippen LogP contribution in [0.5, 0.6) is 11.5 Å². The summed E-state index contributed by atoms with van der Waals surface area (Å²) < 4.78 is 6.99. The Kier molecular flexibility index (Phi) is 6.69. The second-order valence-corrected chi connectivity index (χ2v) is 6.78. The van der Waals surface area contributed by atoms with Gasteiger partial charge in [0.1, 0.15) is 5.75 Å². The summed E-state index contributed by atoms with van der Waals surface area (Å²) in [6.45, 7) is 3.90. The lowest BCUT2D eigenvalue weighted by Gasteiger charge is -2.15. The van der Waals surface area contributed by atoms with Crippen molar-refractivity contribution in [2.75, 3.05) is 6.61 Å². The summed E-state index contributed by atoms with van der Waals surface area (Å²) in [6.07, 6.45) is 2.27. The highest BCUT2D eigenvalue weighted by Gasteiger charge is 2.18. The first-order chi connectivity index (χ1) is 14.5. The Hall–Kier alpha value is -3.81. The van der Waals surface area contributed by atoms with Gasteiger partial charge in [-0.1, -0.05) is 50.2 Å². The van der Waals surface area contributed by atoms with Crippen molar-refractivity contribution >= 4 is 11.8 Å². The molecule has 1 unspecified atom stereocenters. The summed E-state index contributed by atoms with van der Waals surface area (Å²) in [5.41, 5.74) is 6.00. The number of nitrogens with zero attached hydrogens (tertiary/aromatic N) is 2. The molecule has 0 aliphatic rings. The topological polar surface area (TPSA) is 105 Å². The lowest BCUT2D eigenvalue weighted by Crippen LogP contribution is -2.44. The number of aromatic nitrogens is 2. The fourth-order valence-corrected chi connectivity index (χ4v) is 2.84. The molecule has 8 heteroatoms. The number of rotatable bonds is 7. The third-order valence-electron chi connectivity index (χ3n) is 4.67. The van der Waals surface area contributed by atoms with Gasteiger partial charge in [0.2, 0.25) is 0 Å². The third-order valence-corrected chi connectivity index (χ3v) is 4.67. The number of aromatic hydroxyl groups is 1. The smallest absolute Gasteiger partial charge is 0.294 e. The van der Waals surface area contributed by atoms with Crippen LogP contribution in [0.2, 0.25) is 0 Å². The third kappa shape index (κ3) is 4.96. The Morgan fingerprint density at radius 1 is 1.10 bits per heavy atom. The monoisotopic (exact) mass is 408 g/mol. The van der Waals surface area contributed by atoms with Gasteiger partial charge in [-0.3, -0.25) is 20.4 Å². The average molecular weight is 408 g/mol. The molecule has 0 aliphatic heterocycles. The number of hydrogen-bond donors (Lipinski definition) is 3. The molecule has 0 bridgehead atoms. The summed E-state index contributed by atoms with van der Waals surface area (Å²) in [6, 6.07) is 16.6. The fraction of sp³-hybridized carbons (Fsp3) is 0.227. The molecule has 0 saturated heterocycles. The molecule has 0 fully saturated rings. The predicted molar refractivity (Wildman–Crippen MR) is 111 cm³/mol. The second-order valence-electron chi connectivity index (χ2n) is 6.78. The van der Waals surface area contributed by atoms with E-state index in [0.717, 1.165) is 12.0 Å². The van der Waals surface area contributed by atoms with Crippen molar-refractivity contribution in [1.82, 2.24) is 20.6 Å². The summed E-state index contributed by atoms with van der Waals surface area (Å²) in [7, 11) is 0. The predicted octanol–water partition coefficient (Wildman–Crippen LogP) is 2.93. The van der Waals surface area contributed by atoms with E-state index >= 15 is 0 Å². The molecule has 3 aromatic rings. The molecule has 0 saturated carbocycles. The maximum atomic E-state index is 12.3. The summed E-state index contributed by atoms with van der Waals surface area (Å²) in [5, 5.41) is 14.1. The molecule has 3 rings (SSSR count). The highest BCUT2D eigenvalue weighted by molar-refractivity contribution is 5.96. The van der Waals surface area contributed by atoms with Crippen LogP contribution >= 0.6 is 0 Å². The Labute approximate surface area is 174 Å². The average Bonchev–Trinajstić information content (AvgIpc) is 3.18. The number of para-hydroxylation sites is 2. The molecule has 8 nitrogen and oxygen atoms in total. The zero-order valence-corrected chi connectivity index (χ0v) is 16.8. The number of carbonyl (C=O) groups excluding carboxylic acids is 2. The number of benzene rings is 2. The normalized spacial score (nSPS) is 11.5. The van der Waals surface area contributed by atoms with Crippen LogP contribution in [-0.4, -0.2) is 33.3 Å². The van der Waals surface area contributed by atoms with Gasteiger partial charge in [0, 0.05) is 0 Å². The van der Waals surface area contributed by atoms with Gasteiger partial charge in [-0.2, -0.15) is 5.10 Å². The number of ether oxygens (including phenoxy) is 1. The standard InChI is InChI=1S/C22H24N4O4/c1-3-15(2)17-11-7-8-12-19(17)30-14-20(28)23-24-22(29)21-18(27)13-26(25-21)16-9-5-4-6-10-16/h4-13,15,27H,3,14H2,1-2H3,(H,23,28)(H,24,29). The van der Waals surface area contributed by atoms with Crippen molar-refractivity contribution in [3.63, 3.8) is 0 Å². The molecule has 0 spiro atoms. The molecule has 1 heterocycles. The Bertz CT molecular complexity index is 1020. The highest BCUT2D eigenvalue weighted by Crippen LogP contribution is 2.28. The molecule has 1 aromatic heterocycles. The van der Waals surface area contributed by atoms with Gasteiger partial charge >= 0.3 is 0 Å². The maximum absolute atomic E-state index is 12.3. The van der Waals surface area contributed by atoms with E-state index in [9.17, 15) is 14.7 Å². The zero-order valence-electron chi connectivity index (χ0n) is 16.8. The number of carbonyl (C=O) groups is 2. The van der Waals surface area contributed by atoms with Crippen molar-refractivity contribution in [3.05, 3.63) is 72.1 Å².